The number of nitrogens with one attached hydrogen (secondary N) is 1. The van der Waals surface area contributed by atoms with E-state index >= 15 is 0 Å². The Morgan fingerprint density at radius 1 is 1.42 bits per heavy atom. The maximum atomic E-state index is 5.36. The van der Waals surface area contributed by atoms with E-state index in [1.165, 1.54) is 0 Å². The van der Waals surface area contributed by atoms with E-state index in [1.54, 1.807) is 6.26 Å². The van der Waals surface area contributed by atoms with E-state index in [0.717, 1.165) is 37.6 Å². The van der Waals surface area contributed by atoms with Crippen molar-refractivity contribution in [2.24, 2.45) is 5.92 Å². The molecule has 1 atom stereocenters. The van der Waals surface area contributed by atoms with Crippen molar-refractivity contribution >= 4 is 0 Å². The molecule has 0 aliphatic carbocycles. The van der Waals surface area contributed by atoms with Crippen molar-refractivity contribution in [1.82, 2.24) is 20.3 Å². The van der Waals surface area contributed by atoms with Crippen molar-refractivity contribution in [3.8, 4) is 0 Å². The van der Waals surface area contributed by atoms with Crippen molar-refractivity contribution in [3.05, 3.63) is 36.0 Å². The summed E-state index contributed by atoms with van der Waals surface area (Å²) in [4.78, 5) is 0. The van der Waals surface area contributed by atoms with Gasteiger partial charge in [-0.25, -0.2) is 0 Å². The molecule has 3 heterocycles. The third kappa shape index (κ3) is 3.42. The Bertz CT molecular complexity index is 488. The van der Waals surface area contributed by atoms with Gasteiger partial charge in [0.25, 0.3) is 0 Å². The molecule has 1 aliphatic heterocycles. The molecule has 0 aromatic carbocycles. The Labute approximate surface area is 111 Å². The summed E-state index contributed by atoms with van der Waals surface area (Å²) in [7, 11) is 0. The minimum atomic E-state index is 0.575. The molecule has 102 valence electrons. The van der Waals surface area contributed by atoms with Gasteiger partial charge >= 0.3 is 0 Å². The Balaban J connectivity index is 1.45. The molecule has 0 spiro atoms. The van der Waals surface area contributed by atoms with Crippen LogP contribution < -0.4 is 5.32 Å². The molecule has 1 saturated heterocycles. The number of hydrogen-bond acceptors (Lipinski definition) is 5. The lowest BCUT2D eigenvalue weighted by Crippen LogP contribution is -2.12. The van der Waals surface area contributed by atoms with Crippen LogP contribution in [0.3, 0.4) is 0 Å². The van der Waals surface area contributed by atoms with E-state index < -0.39 is 0 Å². The minimum absolute atomic E-state index is 0.575. The molecule has 2 aromatic rings. The van der Waals surface area contributed by atoms with Gasteiger partial charge in [0.1, 0.15) is 5.76 Å². The second-order valence-corrected chi connectivity index (χ2v) is 4.84. The van der Waals surface area contributed by atoms with E-state index in [9.17, 15) is 0 Å². The third-order valence-electron chi connectivity index (χ3n) is 3.24. The summed E-state index contributed by atoms with van der Waals surface area (Å²) in [5.41, 5.74) is 0.950. The normalized spacial score (nSPS) is 19.1. The summed E-state index contributed by atoms with van der Waals surface area (Å²) < 4.78 is 12.5. The van der Waals surface area contributed by atoms with Gasteiger partial charge in [-0.05, 0) is 18.6 Å². The molecule has 3 rings (SSSR count). The first kappa shape index (κ1) is 12.4. The Hall–Kier alpha value is -1.66. The minimum Gasteiger partial charge on any atom is -0.468 e. The van der Waals surface area contributed by atoms with Crippen molar-refractivity contribution < 1.29 is 9.15 Å². The van der Waals surface area contributed by atoms with Crippen LogP contribution >= 0.6 is 0 Å². The molecular weight excluding hydrogens is 244 g/mol. The van der Waals surface area contributed by atoms with Crippen LogP contribution in [0.5, 0.6) is 0 Å². The molecule has 0 unspecified atom stereocenters. The molecule has 0 saturated carbocycles. The zero-order valence-electron chi connectivity index (χ0n) is 10.8. The second-order valence-electron chi connectivity index (χ2n) is 4.84. The maximum Gasteiger partial charge on any atom is 0.117 e. The van der Waals surface area contributed by atoms with Crippen LogP contribution in [0.1, 0.15) is 17.9 Å². The molecule has 6 nitrogen and oxygen atoms in total. The standard InChI is InChI=1S/C13H18N4O2/c1-2-13(19-4-1)7-14-6-12-9-17(16-15-12)8-11-3-5-18-10-11/h1-2,4,9,11,14H,3,5-8,10H2/t11-/m0/s1. The van der Waals surface area contributed by atoms with Crippen molar-refractivity contribution in [2.75, 3.05) is 13.2 Å². The number of ether oxygens (including phenoxy) is 1. The first-order valence-corrected chi connectivity index (χ1v) is 6.60. The Morgan fingerprint density at radius 2 is 2.42 bits per heavy atom. The van der Waals surface area contributed by atoms with Crippen LogP contribution in [0.4, 0.5) is 0 Å². The molecule has 1 aliphatic rings. The van der Waals surface area contributed by atoms with Gasteiger partial charge in [-0.1, -0.05) is 5.21 Å². The first-order valence-electron chi connectivity index (χ1n) is 6.60. The number of hydrogen-bond donors (Lipinski definition) is 1. The maximum absolute atomic E-state index is 5.36. The van der Waals surface area contributed by atoms with Crippen LogP contribution in [0.25, 0.3) is 0 Å². The second kappa shape index (κ2) is 5.99. The fourth-order valence-corrected chi connectivity index (χ4v) is 2.23. The molecular formula is C13H18N4O2. The number of rotatable bonds is 6. The summed E-state index contributed by atoms with van der Waals surface area (Å²) in [6, 6.07) is 3.83. The van der Waals surface area contributed by atoms with Crippen LogP contribution in [0, 0.1) is 5.92 Å². The average Bonchev–Trinajstić information content (AvgIpc) is 3.12. The lowest BCUT2D eigenvalue weighted by molar-refractivity contribution is 0.181. The largest absolute Gasteiger partial charge is 0.468 e. The van der Waals surface area contributed by atoms with Gasteiger partial charge in [0.05, 0.1) is 25.1 Å². The molecule has 6 heteroatoms. The zero-order valence-corrected chi connectivity index (χ0v) is 10.8. The number of aromatic nitrogens is 3. The zero-order chi connectivity index (χ0) is 12.9. The van der Waals surface area contributed by atoms with Gasteiger partial charge in [-0.2, -0.15) is 0 Å². The number of furan rings is 1. The van der Waals surface area contributed by atoms with Gasteiger partial charge in [-0.3, -0.25) is 4.68 Å². The van der Waals surface area contributed by atoms with Gasteiger partial charge < -0.3 is 14.5 Å². The topological polar surface area (TPSA) is 65.1 Å². The van der Waals surface area contributed by atoms with E-state index in [1.807, 2.05) is 23.0 Å². The van der Waals surface area contributed by atoms with E-state index in [2.05, 4.69) is 15.6 Å². The van der Waals surface area contributed by atoms with Crippen LogP contribution in [0.15, 0.2) is 29.0 Å². The van der Waals surface area contributed by atoms with Crippen molar-refractivity contribution in [2.45, 2.75) is 26.1 Å². The fraction of sp³-hybridized carbons (Fsp3) is 0.538. The summed E-state index contributed by atoms with van der Waals surface area (Å²) >= 11 is 0. The summed E-state index contributed by atoms with van der Waals surface area (Å²) in [5.74, 6) is 1.50. The van der Waals surface area contributed by atoms with Gasteiger partial charge in [0.2, 0.25) is 0 Å². The quantitative estimate of drug-likeness (QED) is 0.847. The van der Waals surface area contributed by atoms with Crippen LogP contribution in [-0.2, 0) is 24.4 Å². The molecule has 2 aromatic heterocycles. The van der Waals surface area contributed by atoms with Crippen molar-refractivity contribution in [3.63, 3.8) is 0 Å². The fourth-order valence-electron chi connectivity index (χ4n) is 2.23. The predicted octanol–water partition coefficient (Wildman–Crippen LogP) is 1.20. The van der Waals surface area contributed by atoms with E-state index in [4.69, 9.17) is 9.15 Å². The van der Waals surface area contributed by atoms with Crippen LogP contribution in [0.2, 0.25) is 0 Å². The molecule has 1 fully saturated rings. The highest BCUT2D eigenvalue weighted by molar-refractivity contribution is 4.98. The smallest absolute Gasteiger partial charge is 0.117 e. The van der Waals surface area contributed by atoms with Gasteiger partial charge in [-0.15, -0.1) is 5.10 Å². The third-order valence-corrected chi connectivity index (χ3v) is 3.24. The van der Waals surface area contributed by atoms with Gasteiger partial charge in [0.15, 0.2) is 0 Å². The molecule has 0 radical (unpaired) electrons. The number of nitrogens with zero attached hydrogens (tertiary/aromatic N) is 3. The molecule has 0 bridgehead atoms. The predicted molar refractivity (Wildman–Crippen MR) is 68.2 cm³/mol. The molecule has 19 heavy (non-hydrogen) atoms. The Kier molecular flexibility index (Phi) is 3.90. The highest BCUT2D eigenvalue weighted by Gasteiger charge is 2.16. The molecule has 0 amide bonds. The van der Waals surface area contributed by atoms with E-state index in [-0.39, 0.29) is 0 Å². The molecule has 1 N–H and O–H groups in total. The monoisotopic (exact) mass is 262 g/mol. The average molecular weight is 262 g/mol. The summed E-state index contributed by atoms with van der Waals surface area (Å²) in [6.07, 6.45) is 4.79. The highest BCUT2D eigenvalue weighted by Crippen LogP contribution is 2.14. The summed E-state index contributed by atoms with van der Waals surface area (Å²) in [5, 5.41) is 11.6. The SMILES string of the molecule is c1coc(CNCc2cn(C[C@@H]3CCOC3)nn2)c1. The first-order chi connectivity index (χ1) is 9.40. The lowest BCUT2D eigenvalue weighted by Gasteiger charge is -2.05. The lowest BCUT2D eigenvalue weighted by atomic mass is 10.1. The Morgan fingerprint density at radius 3 is 3.21 bits per heavy atom. The summed E-state index contributed by atoms with van der Waals surface area (Å²) in [6.45, 7) is 4.01. The van der Waals surface area contributed by atoms with E-state index in [0.29, 0.717) is 19.0 Å². The van der Waals surface area contributed by atoms with Crippen LogP contribution in [-0.4, -0.2) is 28.2 Å². The van der Waals surface area contributed by atoms with Gasteiger partial charge in [0, 0.05) is 31.8 Å². The van der Waals surface area contributed by atoms with Crippen molar-refractivity contribution in [1.29, 1.82) is 0 Å². The highest BCUT2D eigenvalue weighted by atomic mass is 16.5.